The maximum absolute atomic E-state index is 10.7. The van der Waals surface area contributed by atoms with Gasteiger partial charge in [0.15, 0.2) is 11.5 Å². The van der Waals surface area contributed by atoms with Gasteiger partial charge in [0.2, 0.25) is 6.79 Å². The first-order valence-corrected chi connectivity index (χ1v) is 9.05. The second-order valence-corrected chi connectivity index (χ2v) is 8.41. The third-order valence-electron chi connectivity index (χ3n) is 5.61. The highest BCUT2D eigenvalue weighted by molar-refractivity contribution is 6.45. The SMILES string of the molecule is CC(O)(CCB1OC(C)(C)C(C)(C)O1)CCc1ccc2c(c1)OCO2. The molecule has 5 nitrogen and oxygen atoms in total. The van der Waals surface area contributed by atoms with Crippen molar-refractivity contribution in [3.05, 3.63) is 23.8 Å². The molecule has 1 atom stereocenters. The van der Waals surface area contributed by atoms with E-state index in [0.717, 1.165) is 23.5 Å². The summed E-state index contributed by atoms with van der Waals surface area (Å²) >= 11 is 0. The smallest absolute Gasteiger partial charge is 0.454 e. The quantitative estimate of drug-likeness (QED) is 0.797. The van der Waals surface area contributed by atoms with Gasteiger partial charge in [-0.3, -0.25) is 0 Å². The van der Waals surface area contributed by atoms with Gasteiger partial charge >= 0.3 is 7.12 Å². The predicted octanol–water partition coefficient (Wildman–Crippen LogP) is 3.58. The van der Waals surface area contributed by atoms with Gasteiger partial charge in [0, 0.05) is 0 Å². The molecule has 2 heterocycles. The van der Waals surface area contributed by atoms with E-state index in [4.69, 9.17) is 18.8 Å². The van der Waals surface area contributed by atoms with E-state index in [-0.39, 0.29) is 25.1 Å². The fourth-order valence-corrected chi connectivity index (χ4v) is 3.15. The molecule has 138 valence electrons. The molecule has 0 bridgehead atoms. The maximum atomic E-state index is 10.7. The Morgan fingerprint density at radius 3 is 2.36 bits per heavy atom. The average Bonchev–Trinajstić information content (AvgIpc) is 3.05. The van der Waals surface area contributed by atoms with Crippen molar-refractivity contribution in [1.29, 1.82) is 0 Å². The Kier molecular flexibility index (Phi) is 4.82. The molecule has 3 rings (SSSR count). The Morgan fingerprint density at radius 2 is 1.68 bits per heavy atom. The van der Waals surface area contributed by atoms with E-state index in [1.54, 1.807) is 0 Å². The van der Waals surface area contributed by atoms with Crippen molar-refractivity contribution in [3.63, 3.8) is 0 Å². The maximum Gasteiger partial charge on any atom is 0.457 e. The molecular formula is C19H29BO5. The Balaban J connectivity index is 1.49. The first kappa shape index (κ1) is 18.6. The van der Waals surface area contributed by atoms with Gasteiger partial charge < -0.3 is 23.9 Å². The lowest BCUT2D eigenvalue weighted by Gasteiger charge is -2.32. The van der Waals surface area contributed by atoms with Gasteiger partial charge in [0.25, 0.3) is 0 Å². The number of benzene rings is 1. The standard InChI is InChI=1S/C19H29BO5/c1-17(2)18(3,4)25-20(24-17)11-10-19(5,21)9-8-14-6-7-15-16(12-14)23-13-22-15/h6-7,12,21H,8-11,13H2,1-5H3. The minimum Gasteiger partial charge on any atom is -0.454 e. The van der Waals surface area contributed by atoms with Crippen LogP contribution in [-0.2, 0) is 15.7 Å². The van der Waals surface area contributed by atoms with Gasteiger partial charge in [-0.25, -0.2) is 0 Å². The van der Waals surface area contributed by atoms with Crippen LogP contribution in [-0.4, -0.2) is 35.8 Å². The van der Waals surface area contributed by atoms with Gasteiger partial charge in [-0.2, -0.15) is 0 Å². The van der Waals surface area contributed by atoms with Crippen LogP contribution in [0.4, 0.5) is 0 Å². The average molecular weight is 348 g/mol. The van der Waals surface area contributed by atoms with Crippen LogP contribution in [0.5, 0.6) is 11.5 Å². The zero-order valence-electron chi connectivity index (χ0n) is 15.9. The normalized spacial score (nSPS) is 22.9. The van der Waals surface area contributed by atoms with E-state index in [2.05, 4.69) is 0 Å². The van der Waals surface area contributed by atoms with E-state index in [9.17, 15) is 5.11 Å². The van der Waals surface area contributed by atoms with Gasteiger partial charge in [-0.05, 0) is 77.9 Å². The zero-order valence-corrected chi connectivity index (χ0v) is 15.9. The van der Waals surface area contributed by atoms with E-state index < -0.39 is 5.60 Å². The molecule has 1 fully saturated rings. The minimum atomic E-state index is -0.764. The van der Waals surface area contributed by atoms with Crippen molar-refractivity contribution < 1.29 is 23.9 Å². The van der Waals surface area contributed by atoms with Gasteiger partial charge in [-0.1, -0.05) is 6.07 Å². The molecule has 1 saturated heterocycles. The molecule has 25 heavy (non-hydrogen) atoms. The molecule has 1 aromatic carbocycles. The van der Waals surface area contributed by atoms with Crippen LogP contribution < -0.4 is 9.47 Å². The summed E-state index contributed by atoms with van der Waals surface area (Å²) in [5, 5.41) is 10.7. The van der Waals surface area contributed by atoms with Crippen LogP contribution in [0.15, 0.2) is 18.2 Å². The highest BCUT2D eigenvalue weighted by Gasteiger charge is 2.50. The van der Waals surface area contributed by atoms with Crippen molar-refractivity contribution in [1.82, 2.24) is 0 Å². The van der Waals surface area contributed by atoms with Crippen LogP contribution in [0.1, 0.15) is 53.0 Å². The number of fused-ring (bicyclic) bond motifs is 1. The summed E-state index contributed by atoms with van der Waals surface area (Å²) < 4.78 is 22.8. The summed E-state index contributed by atoms with van der Waals surface area (Å²) in [6, 6.07) is 5.95. The number of aryl methyl sites for hydroxylation is 1. The summed E-state index contributed by atoms with van der Waals surface area (Å²) in [4.78, 5) is 0. The lowest BCUT2D eigenvalue weighted by atomic mass is 9.77. The van der Waals surface area contributed by atoms with Crippen LogP contribution in [0.2, 0.25) is 6.32 Å². The fourth-order valence-electron chi connectivity index (χ4n) is 3.15. The third kappa shape index (κ3) is 4.13. The molecule has 1 aromatic rings. The topological polar surface area (TPSA) is 57.2 Å². The second kappa shape index (κ2) is 6.49. The van der Waals surface area contributed by atoms with Crippen LogP contribution in [0.25, 0.3) is 0 Å². The Bertz CT molecular complexity index is 610. The summed E-state index contributed by atoms with van der Waals surface area (Å²) in [5.41, 5.74) is -0.272. The molecule has 0 aliphatic carbocycles. The predicted molar refractivity (Wildman–Crippen MR) is 97.0 cm³/mol. The second-order valence-electron chi connectivity index (χ2n) is 8.41. The van der Waals surface area contributed by atoms with Crippen molar-refractivity contribution in [2.45, 2.75) is 77.0 Å². The van der Waals surface area contributed by atoms with E-state index in [0.29, 0.717) is 19.2 Å². The summed E-state index contributed by atoms with van der Waals surface area (Å²) in [5.74, 6) is 1.57. The monoisotopic (exact) mass is 348 g/mol. The van der Waals surface area contributed by atoms with E-state index in [1.165, 1.54) is 0 Å². The number of rotatable bonds is 6. The Hall–Kier alpha value is -1.24. The molecule has 1 N–H and O–H groups in total. The van der Waals surface area contributed by atoms with Crippen molar-refractivity contribution in [2.24, 2.45) is 0 Å². The molecule has 0 aromatic heterocycles. The Labute approximate surface area is 150 Å². The first-order chi connectivity index (χ1) is 11.6. The number of ether oxygens (including phenoxy) is 2. The van der Waals surface area contributed by atoms with Gasteiger partial charge in [-0.15, -0.1) is 0 Å². The van der Waals surface area contributed by atoms with Crippen LogP contribution >= 0.6 is 0 Å². The molecule has 1 unspecified atom stereocenters. The zero-order chi connectivity index (χ0) is 18.3. The molecular weight excluding hydrogens is 319 g/mol. The largest absolute Gasteiger partial charge is 0.457 e. The van der Waals surface area contributed by atoms with Crippen molar-refractivity contribution in [2.75, 3.05) is 6.79 Å². The summed E-state index contributed by atoms with van der Waals surface area (Å²) in [6.45, 7) is 10.3. The number of hydrogen-bond acceptors (Lipinski definition) is 5. The lowest BCUT2D eigenvalue weighted by molar-refractivity contribution is 0.00578. The van der Waals surface area contributed by atoms with Gasteiger partial charge in [0.05, 0.1) is 16.8 Å². The molecule has 6 heteroatoms. The van der Waals surface area contributed by atoms with Crippen LogP contribution in [0, 0.1) is 0 Å². The Morgan fingerprint density at radius 1 is 1.04 bits per heavy atom. The summed E-state index contributed by atoms with van der Waals surface area (Å²) in [7, 11) is -0.262. The molecule has 0 amide bonds. The fraction of sp³-hybridized carbons (Fsp3) is 0.684. The number of aliphatic hydroxyl groups is 1. The molecule has 0 radical (unpaired) electrons. The summed E-state index contributed by atoms with van der Waals surface area (Å²) in [6.07, 6.45) is 2.77. The highest BCUT2D eigenvalue weighted by Crippen LogP contribution is 2.39. The van der Waals surface area contributed by atoms with E-state index >= 15 is 0 Å². The van der Waals surface area contributed by atoms with Crippen LogP contribution in [0.3, 0.4) is 0 Å². The van der Waals surface area contributed by atoms with Crippen molar-refractivity contribution in [3.8, 4) is 11.5 Å². The highest BCUT2D eigenvalue weighted by atomic mass is 16.7. The molecule has 2 aliphatic rings. The van der Waals surface area contributed by atoms with Crippen molar-refractivity contribution >= 4 is 7.12 Å². The first-order valence-electron chi connectivity index (χ1n) is 9.05. The lowest BCUT2D eigenvalue weighted by Crippen LogP contribution is -2.41. The minimum absolute atomic E-state index is 0.262. The molecule has 0 spiro atoms. The number of hydrogen-bond donors (Lipinski definition) is 1. The van der Waals surface area contributed by atoms with E-state index in [1.807, 2.05) is 52.8 Å². The third-order valence-corrected chi connectivity index (χ3v) is 5.61. The molecule has 2 aliphatic heterocycles. The van der Waals surface area contributed by atoms with Gasteiger partial charge in [0.1, 0.15) is 0 Å². The molecule has 0 saturated carbocycles.